The third-order valence-corrected chi connectivity index (χ3v) is 4.21. The van der Waals surface area contributed by atoms with E-state index in [9.17, 15) is 4.79 Å². The number of hydrogen-bond donors (Lipinski definition) is 1. The van der Waals surface area contributed by atoms with E-state index in [0.717, 1.165) is 30.4 Å². The van der Waals surface area contributed by atoms with Crippen molar-refractivity contribution in [3.05, 3.63) is 27.7 Å². The van der Waals surface area contributed by atoms with Gasteiger partial charge in [0.2, 0.25) is 5.91 Å². The summed E-state index contributed by atoms with van der Waals surface area (Å²) >= 11 is 9.24. The second-order valence-electron chi connectivity index (χ2n) is 4.89. The summed E-state index contributed by atoms with van der Waals surface area (Å²) in [5.74, 6) is 0.824. The Hall–Kier alpha value is -0.490. The summed E-state index contributed by atoms with van der Waals surface area (Å²) in [6, 6.07) is 5.55. The molecular formula is C14H19BrCl2N2O2. The Morgan fingerprint density at radius 2 is 2.10 bits per heavy atom. The summed E-state index contributed by atoms with van der Waals surface area (Å²) in [6.45, 7) is 1.87. The first-order valence-electron chi connectivity index (χ1n) is 6.67. The van der Waals surface area contributed by atoms with Crippen molar-refractivity contribution in [1.29, 1.82) is 0 Å². The molecule has 0 bridgehead atoms. The maximum absolute atomic E-state index is 12.0. The summed E-state index contributed by atoms with van der Waals surface area (Å²) in [5, 5.41) is 0.643. The fraction of sp³-hybridized carbons (Fsp3) is 0.500. The van der Waals surface area contributed by atoms with E-state index in [-0.39, 0.29) is 24.4 Å². The van der Waals surface area contributed by atoms with Gasteiger partial charge in [0.05, 0.1) is 17.5 Å². The number of benzene rings is 1. The number of piperidine rings is 1. The molecule has 1 amide bonds. The molecule has 1 fully saturated rings. The number of carbonyl (C=O) groups is 1. The Morgan fingerprint density at radius 3 is 2.71 bits per heavy atom. The fourth-order valence-electron chi connectivity index (χ4n) is 2.15. The number of rotatable bonds is 4. The molecule has 0 spiro atoms. The van der Waals surface area contributed by atoms with Gasteiger partial charge < -0.3 is 15.4 Å². The van der Waals surface area contributed by atoms with Crippen molar-refractivity contribution in [3.8, 4) is 5.75 Å². The average Bonchev–Trinajstić information content (AvgIpc) is 2.42. The first kappa shape index (κ1) is 18.6. The quantitative estimate of drug-likeness (QED) is 0.848. The van der Waals surface area contributed by atoms with Gasteiger partial charge in [0.15, 0.2) is 0 Å². The molecule has 118 valence electrons. The lowest BCUT2D eigenvalue weighted by atomic mass is 10.1. The van der Waals surface area contributed by atoms with Gasteiger partial charge in [-0.2, -0.15) is 0 Å². The van der Waals surface area contributed by atoms with E-state index in [2.05, 4.69) is 15.9 Å². The van der Waals surface area contributed by atoms with E-state index in [1.165, 1.54) is 0 Å². The molecule has 1 aromatic carbocycles. The highest BCUT2D eigenvalue weighted by Crippen LogP contribution is 2.28. The van der Waals surface area contributed by atoms with Crippen LogP contribution in [0.5, 0.6) is 5.75 Å². The second kappa shape index (κ2) is 8.83. The van der Waals surface area contributed by atoms with Crippen molar-refractivity contribution in [2.45, 2.75) is 25.3 Å². The molecule has 1 aliphatic heterocycles. The number of amides is 1. The molecule has 0 aliphatic carbocycles. The summed E-state index contributed by atoms with van der Waals surface area (Å²) in [6.07, 6.45) is 2.15. The number of ether oxygens (including phenoxy) is 1. The Balaban J connectivity index is 0.00000220. The maximum Gasteiger partial charge on any atom is 0.225 e. The van der Waals surface area contributed by atoms with Gasteiger partial charge in [0.1, 0.15) is 5.75 Å². The van der Waals surface area contributed by atoms with Crippen molar-refractivity contribution in [3.63, 3.8) is 0 Å². The van der Waals surface area contributed by atoms with Crippen LogP contribution in [0.4, 0.5) is 0 Å². The lowest BCUT2D eigenvalue weighted by Gasteiger charge is -2.30. The van der Waals surface area contributed by atoms with Crippen molar-refractivity contribution in [1.82, 2.24) is 4.90 Å². The minimum absolute atomic E-state index is 0. The molecule has 21 heavy (non-hydrogen) atoms. The standard InChI is InChI=1S/C14H18BrClN2O2.ClH/c15-12-9-10(16)1-2-13(12)20-8-5-14(19)18-6-3-11(17)4-7-18;/h1-2,9,11H,3-8,17H2;1H. The van der Waals surface area contributed by atoms with Gasteiger partial charge in [-0.1, -0.05) is 11.6 Å². The third kappa shape index (κ3) is 5.66. The SMILES string of the molecule is Cl.NC1CCN(C(=O)CCOc2ccc(Cl)cc2Br)CC1. The molecule has 0 saturated carbocycles. The largest absolute Gasteiger partial charge is 0.492 e. The Labute approximate surface area is 144 Å². The normalized spacial score (nSPS) is 15.5. The molecule has 4 nitrogen and oxygen atoms in total. The van der Waals surface area contributed by atoms with Crippen LogP contribution in [0.25, 0.3) is 0 Å². The molecular weight excluding hydrogens is 379 g/mol. The van der Waals surface area contributed by atoms with Crippen LogP contribution >= 0.6 is 39.9 Å². The highest BCUT2D eigenvalue weighted by molar-refractivity contribution is 9.10. The van der Waals surface area contributed by atoms with Gasteiger partial charge in [0.25, 0.3) is 0 Å². The topological polar surface area (TPSA) is 55.6 Å². The lowest BCUT2D eigenvalue weighted by Crippen LogP contribution is -2.43. The zero-order valence-corrected chi connectivity index (χ0v) is 14.7. The Kier molecular flexibility index (Phi) is 7.81. The van der Waals surface area contributed by atoms with Gasteiger partial charge >= 0.3 is 0 Å². The molecule has 0 aromatic heterocycles. The Bertz CT molecular complexity index is 480. The van der Waals surface area contributed by atoms with E-state index >= 15 is 0 Å². The van der Waals surface area contributed by atoms with Crippen LogP contribution in [0, 0.1) is 0 Å². The van der Waals surface area contributed by atoms with E-state index < -0.39 is 0 Å². The van der Waals surface area contributed by atoms with Crippen molar-refractivity contribution in [2.75, 3.05) is 19.7 Å². The minimum Gasteiger partial charge on any atom is -0.492 e. The fourth-order valence-corrected chi connectivity index (χ4v) is 2.94. The number of halogens is 3. The van der Waals surface area contributed by atoms with Crippen LogP contribution in [0.3, 0.4) is 0 Å². The number of likely N-dealkylation sites (tertiary alicyclic amines) is 1. The number of nitrogens with zero attached hydrogens (tertiary/aromatic N) is 1. The van der Waals surface area contributed by atoms with Crippen LogP contribution < -0.4 is 10.5 Å². The summed E-state index contributed by atoms with van der Waals surface area (Å²) in [7, 11) is 0. The molecule has 2 rings (SSSR count). The number of hydrogen-bond acceptors (Lipinski definition) is 3. The summed E-state index contributed by atoms with van der Waals surface area (Å²) < 4.78 is 6.39. The minimum atomic E-state index is 0. The van der Waals surface area contributed by atoms with Crippen LogP contribution in [0.1, 0.15) is 19.3 Å². The molecule has 1 aliphatic rings. The van der Waals surface area contributed by atoms with E-state index in [1.807, 2.05) is 4.90 Å². The molecule has 0 radical (unpaired) electrons. The summed E-state index contributed by atoms with van der Waals surface area (Å²) in [5.41, 5.74) is 5.82. The summed E-state index contributed by atoms with van der Waals surface area (Å²) in [4.78, 5) is 13.9. The predicted molar refractivity (Wildman–Crippen MR) is 90.3 cm³/mol. The van der Waals surface area contributed by atoms with Gasteiger partial charge in [-0.15, -0.1) is 12.4 Å². The van der Waals surface area contributed by atoms with Gasteiger partial charge in [0, 0.05) is 24.2 Å². The van der Waals surface area contributed by atoms with Crippen LogP contribution in [0.15, 0.2) is 22.7 Å². The monoisotopic (exact) mass is 396 g/mol. The maximum atomic E-state index is 12.0. The van der Waals surface area contributed by atoms with Gasteiger partial charge in [-0.25, -0.2) is 0 Å². The first-order valence-corrected chi connectivity index (χ1v) is 7.84. The van der Waals surface area contributed by atoms with Gasteiger partial charge in [-0.3, -0.25) is 4.79 Å². The van der Waals surface area contributed by atoms with Crippen LogP contribution in [0.2, 0.25) is 5.02 Å². The molecule has 7 heteroatoms. The van der Waals surface area contributed by atoms with Crippen LogP contribution in [-0.2, 0) is 4.79 Å². The Morgan fingerprint density at radius 1 is 1.43 bits per heavy atom. The average molecular weight is 398 g/mol. The highest BCUT2D eigenvalue weighted by Gasteiger charge is 2.20. The lowest BCUT2D eigenvalue weighted by molar-refractivity contribution is -0.132. The zero-order chi connectivity index (χ0) is 14.5. The van der Waals surface area contributed by atoms with E-state index in [4.69, 9.17) is 22.1 Å². The molecule has 1 saturated heterocycles. The van der Waals surface area contributed by atoms with E-state index in [1.54, 1.807) is 18.2 Å². The second-order valence-corrected chi connectivity index (χ2v) is 6.18. The first-order chi connectivity index (χ1) is 9.56. The number of nitrogens with two attached hydrogens (primary N) is 1. The highest BCUT2D eigenvalue weighted by atomic mass is 79.9. The van der Waals surface area contributed by atoms with E-state index in [0.29, 0.717) is 23.8 Å². The van der Waals surface area contributed by atoms with Crippen molar-refractivity contribution >= 4 is 45.8 Å². The predicted octanol–water partition coefficient (Wildman–Crippen LogP) is 3.24. The molecule has 2 N–H and O–H groups in total. The zero-order valence-electron chi connectivity index (χ0n) is 11.6. The van der Waals surface area contributed by atoms with Crippen LogP contribution in [-0.4, -0.2) is 36.5 Å². The molecule has 1 aromatic rings. The third-order valence-electron chi connectivity index (χ3n) is 3.36. The molecule has 0 unspecified atom stereocenters. The molecule has 1 heterocycles. The number of carbonyl (C=O) groups excluding carboxylic acids is 1. The van der Waals surface area contributed by atoms with Crippen molar-refractivity contribution in [2.24, 2.45) is 5.73 Å². The smallest absolute Gasteiger partial charge is 0.225 e. The molecule has 0 atom stereocenters. The van der Waals surface area contributed by atoms with Crippen molar-refractivity contribution < 1.29 is 9.53 Å². The van der Waals surface area contributed by atoms with Gasteiger partial charge in [-0.05, 0) is 47.0 Å².